The Morgan fingerprint density at radius 2 is 2.25 bits per heavy atom. The highest BCUT2D eigenvalue weighted by molar-refractivity contribution is 5.94. The number of nitrogens with two attached hydrogens (primary N) is 1. The highest BCUT2D eigenvalue weighted by atomic mass is 35.5. The van der Waals surface area contributed by atoms with Gasteiger partial charge in [-0.1, -0.05) is 19.8 Å². The van der Waals surface area contributed by atoms with E-state index in [1.165, 1.54) is 12.8 Å². The van der Waals surface area contributed by atoms with Crippen LogP contribution < -0.4 is 5.73 Å². The number of carbonyl (C=O) groups excluding carboxylic acids is 1. The van der Waals surface area contributed by atoms with Gasteiger partial charge < -0.3 is 10.6 Å². The maximum absolute atomic E-state index is 12.5. The van der Waals surface area contributed by atoms with Gasteiger partial charge in [-0.15, -0.1) is 12.4 Å². The van der Waals surface area contributed by atoms with Crippen molar-refractivity contribution in [2.75, 3.05) is 7.05 Å². The Balaban J connectivity index is 0.00000200. The Hall–Kier alpha value is -1.13. The lowest BCUT2D eigenvalue weighted by Gasteiger charge is -2.34. The highest BCUT2D eigenvalue weighted by Gasteiger charge is 2.26. The zero-order valence-corrected chi connectivity index (χ0v) is 13.0. The fourth-order valence-electron chi connectivity index (χ4n) is 2.85. The average molecular weight is 298 g/mol. The molecule has 1 amide bonds. The monoisotopic (exact) mass is 297 g/mol. The Morgan fingerprint density at radius 1 is 1.50 bits per heavy atom. The highest BCUT2D eigenvalue weighted by Crippen LogP contribution is 2.27. The lowest BCUT2D eigenvalue weighted by Crippen LogP contribution is -2.39. The Kier molecular flexibility index (Phi) is 6.43. The number of rotatable bonds is 3. The number of pyridine rings is 1. The maximum atomic E-state index is 12.5. The van der Waals surface area contributed by atoms with E-state index < -0.39 is 0 Å². The van der Waals surface area contributed by atoms with Gasteiger partial charge in [-0.25, -0.2) is 0 Å². The zero-order chi connectivity index (χ0) is 13.8. The van der Waals surface area contributed by atoms with E-state index in [9.17, 15) is 4.79 Å². The third kappa shape index (κ3) is 3.93. The Labute approximate surface area is 127 Å². The van der Waals surface area contributed by atoms with E-state index in [0.717, 1.165) is 18.5 Å². The molecule has 4 nitrogen and oxygen atoms in total. The van der Waals surface area contributed by atoms with E-state index in [-0.39, 0.29) is 18.3 Å². The molecule has 1 fully saturated rings. The molecular formula is C15H24ClN3O. The second-order valence-electron chi connectivity index (χ2n) is 5.58. The molecule has 0 saturated heterocycles. The van der Waals surface area contributed by atoms with Crippen LogP contribution in [-0.2, 0) is 6.54 Å². The van der Waals surface area contributed by atoms with Crippen LogP contribution in [0.3, 0.4) is 0 Å². The summed E-state index contributed by atoms with van der Waals surface area (Å²) in [5.74, 6) is 0.794. The van der Waals surface area contributed by atoms with Gasteiger partial charge in [0.1, 0.15) is 0 Å². The first-order valence-electron chi connectivity index (χ1n) is 7.04. The van der Waals surface area contributed by atoms with Crippen LogP contribution in [-0.4, -0.2) is 28.9 Å². The van der Waals surface area contributed by atoms with Crippen LogP contribution >= 0.6 is 12.4 Å². The van der Waals surface area contributed by atoms with Crippen LogP contribution in [0, 0.1) is 5.92 Å². The molecule has 112 valence electrons. The molecule has 2 rings (SSSR count). The van der Waals surface area contributed by atoms with Crippen molar-refractivity contribution in [2.45, 2.75) is 45.2 Å². The molecule has 0 bridgehead atoms. The molecule has 0 aliphatic heterocycles. The molecule has 1 aromatic rings. The largest absolute Gasteiger partial charge is 0.339 e. The van der Waals surface area contributed by atoms with Crippen LogP contribution in [0.1, 0.15) is 48.7 Å². The van der Waals surface area contributed by atoms with Crippen molar-refractivity contribution in [2.24, 2.45) is 11.7 Å². The summed E-state index contributed by atoms with van der Waals surface area (Å²) in [6.07, 6.45) is 6.38. The lowest BCUT2D eigenvalue weighted by molar-refractivity contribution is 0.0672. The van der Waals surface area contributed by atoms with Gasteiger partial charge in [0, 0.05) is 31.4 Å². The standard InChI is InChI=1S/C15H23N3O.ClH/c1-11-4-3-5-14(8-11)18(2)15(19)12-6-7-17-13(9-12)10-16;/h6-7,9,11,14H,3-5,8,10,16H2,1-2H3;1H. The van der Waals surface area contributed by atoms with Gasteiger partial charge >= 0.3 is 0 Å². The summed E-state index contributed by atoms with van der Waals surface area (Å²) >= 11 is 0. The topological polar surface area (TPSA) is 59.2 Å². The third-order valence-corrected chi connectivity index (χ3v) is 4.05. The quantitative estimate of drug-likeness (QED) is 0.933. The first-order chi connectivity index (χ1) is 9.11. The predicted octanol–water partition coefficient (Wildman–Crippen LogP) is 2.61. The Bertz CT molecular complexity index is 452. The SMILES string of the molecule is CC1CCCC(N(C)C(=O)c2ccnc(CN)c2)C1.Cl. The van der Waals surface area contributed by atoms with Gasteiger partial charge in [0.25, 0.3) is 5.91 Å². The summed E-state index contributed by atoms with van der Waals surface area (Å²) < 4.78 is 0. The first-order valence-corrected chi connectivity index (χ1v) is 7.04. The molecule has 1 saturated carbocycles. The minimum absolute atomic E-state index is 0. The molecule has 0 aromatic carbocycles. The molecule has 2 N–H and O–H groups in total. The molecule has 1 aliphatic carbocycles. The summed E-state index contributed by atoms with van der Waals surface area (Å²) in [5, 5.41) is 0. The molecule has 1 aliphatic rings. The minimum atomic E-state index is 0. The fraction of sp³-hybridized carbons (Fsp3) is 0.600. The van der Waals surface area contributed by atoms with Gasteiger partial charge in [-0.2, -0.15) is 0 Å². The molecule has 0 radical (unpaired) electrons. The van der Waals surface area contributed by atoms with E-state index >= 15 is 0 Å². The first kappa shape index (κ1) is 16.9. The average Bonchev–Trinajstić information content (AvgIpc) is 2.45. The fourth-order valence-corrected chi connectivity index (χ4v) is 2.85. The van der Waals surface area contributed by atoms with Gasteiger partial charge in [0.2, 0.25) is 0 Å². The van der Waals surface area contributed by atoms with Crippen LogP contribution in [0.5, 0.6) is 0 Å². The molecule has 20 heavy (non-hydrogen) atoms. The number of hydrogen-bond donors (Lipinski definition) is 1. The summed E-state index contributed by atoms with van der Waals surface area (Å²) in [4.78, 5) is 18.5. The van der Waals surface area contributed by atoms with Crippen molar-refractivity contribution < 1.29 is 4.79 Å². The molecule has 2 unspecified atom stereocenters. The molecule has 1 heterocycles. The van der Waals surface area contributed by atoms with Gasteiger partial charge in [-0.3, -0.25) is 9.78 Å². The molecule has 5 heteroatoms. The van der Waals surface area contributed by atoms with E-state index in [1.54, 1.807) is 18.3 Å². The van der Waals surface area contributed by atoms with E-state index in [0.29, 0.717) is 24.1 Å². The predicted molar refractivity (Wildman–Crippen MR) is 82.9 cm³/mol. The third-order valence-electron chi connectivity index (χ3n) is 4.05. The van der Waals surface area contributed by atoms with Crippen LogP contribution in [0.2, 0.25) is 0 Å². The van der Waals surface area contributed by atoms with Crippen molar-refractivity contribution in [1.29, 1.82) is 0 Å². The number of halogens is 1. The lowest BCUT2D eigenvalue weighted by atomic mass is 9.86. The second kappa shape index (κ2) is 7.60. The normalized spacial score (nSPS) is 21.9. The summed E-state index contributed by atoms with van der Waals surface area (Å²) in [7, 11) is 1.91. The number of amides is 1. The van der Waals surface area contributed by atoms with Gasteiger partial charge in [0.05, 0.1) is 5.69 Å². The number of carbonyl (C=O) groups is 1. The molecule has 1 aromatic heterocycles. The van der Waals surface area contributed by atoms with Crippen molar-refractivity contribution in [1.82, 2.24) is 9.88 Å². The number of hydrogen-bond acceptors (Lipinski definition) is 3. The maximum Gasteiger partial charge on any atom is 0.253 e. The van der Waals surface area contributed by atoms with Crippen LogP contribution in [0.15, 0.2) is 18.3 Å². The van der Waals surface area contributed by atoms with Crippen molar-refractivity contribution in [3.63, 3.8) is 0 Å². The summed E-state index contributed by atoms with van der Waals surface area (Å²) in [5.41, 5.74) is 7.02. The molecule has 2 atom stereocenters. The summed E-state index contributed by atoms with van der Waals surface area (Å²) in [6, 6.07) is 3.93. The Morgan fingerprint density at radius 3 is 2.90 bits per heavy atom. The van der Waals surface area contributed by atoms with Crippen molar-refractivity contribution in [3.8, 4) is 0 Å². The molecule has 0 spiro atoms. The van der Waals surface area contributed by atoms with E-state index in [2.05, 4.69) is 11.9 Å². The zero-order valence-electron chi connectivity index (χ0n) is 12.2. The van der Waals surface area contributed by atoms with Gasteiger partial charge in [-0.05, 0) is 30.9 Å². The second-order valence-corrected chi connectivity index (χ2v) is 5.58. The number of aromatic nitrogens is 1. The van der Waals surface area contributed by atoms with Crippen LogP contribution in [0.25, 0.3) is 0 Å². The molecular weight excluding hydrogens is 274 g/mol. The summed E-state index contributed by atoms with van der Waals surface area (Å²) in [6.45, 7) is 2.63. The number of nitrogens with zero attached hydrogens (tertiary/aromatic N) is 2. The van der Waals surface area contributed by atoms with Crippen LogP contribution in [0.4, 0.5) is 0 Å². The van der Waals surface area contributed by atoms with Gasteiger partial charge in [0.15, 0.2) is 0 Å². The smallest absolute Gasteiger partial charge is 0.253 e. The van der Waals surface area contributed by atoms with E-state index in [4.69, 9.17) is 5.73 Å². The van der Waals surface area contributed by atoms with Crippen molar-refractivity contribution >= 4 is 18.3 Å². The van der Waals surface area contributed by atoms with Crippen molar-refractivity contribution in [3.05, 3.63) is 29.6 Å². The van der Waals surface area contributed by atoms with E-state index in [1.807, 2.05) is 11.9 Å². The minimum Gasteiger partial charge on any atom is -0.339 e.